The van der Waals surface area contributed by atoms with Crippen LogP contribution in [-0.4, -0.2) is 29.8 Å². The lowest BCUT2D eigenvalue weighted by Crippen LogP contribution is -2.47. The van der Waals surface area contributed by atoms with Crippen molar-refractivity contribution in [2.45, 2.75) is 27.2 Å². The molecule has 1 fully saturated rings. The van der Waals surface area contributed by atoms with E-state index in [1.165, 1.54) is 0 Å². The van der Waals surface area contributed by atoms with Crippen molar-refractivity contribution in [1.29, 1.82) is 0 Å². The summed E-state index contributed by atoms with van der Waals surface area (Å²) in [5.41, 5.74) is 1.72. The fourth-order valence-electron chi connectivity index (χ4n) is 2.88. The largest absolute Gasteiger partial charge is 0.334 e. The van der Waals surface area contributed by atoms with Crippen LogP contribution in [0, 0.1) is 18.8 Å². The molecule has 0 aliphatic carbocycles. The van der Waals surface area contributed by atoms with E-state index in [4.69, 9.17) is 0 Å². The van der Waals surface area contributed by atoms with E-state index >= 15 is 0 Å². The zero-order chi connectivity index (χ0) is 14.7. The van der Waals surface area contributed by atoms with E-state index in [0.29, 0.717) is 30.6 Å². The van der Waals surface area contributed by atoms with Crippen LogP contribution in [0.15, 0.2) is 24.3 Å². The van der Waals surface area contributed by atoms with Gasteiger partial charge in [-0.3, -0.25) is 9.59 Å². The second-order valence-corrected chi connectivity index (χ2v) is 5.98. The van der Waals surface area contributed by atoms with E-state index in [9.17, 15) is 9.59 Å². The minimum absolute atomic E-state index is 0.426. The molecule has 1 aromatic rings. The molecular formula is C16H22N2O2. The Labute approximate surface area is 120 Å². The van der Waals surface area contributed by atoms with Crippen LogP contribution in [0.2, 0.25) is 0 Å². The number of hydrogen-bond donors (Lipinski definition) is 1. The predicted octanol–water partition coefficient (Wildman–Crippen LogP) is 2.44. The van der Waals surface area contributed by atoms with Crippen LogP contribution in [0.4, 0.5) is 5.69 Å². The molecule has 1 aliphatic rings. The zero-order valence-corrected chi connectivity index (χ0v) is 12.3. The summed E-state index contributed by atoms with van der Waals surface area (Å²) in [4.78, 5) is 25.9. The molecule has 2 amide bonds. The Balaban J connectivity index is 2.00. The number of piperidine rings is 1. The number of carbonyl (C=O) groups is 2. The Bertz CT molecular complexity index is 503. The SMILES string of the molecule is Cc1cccc(NC(=O)C(=O)N2CC(C)CC(C)C2)c1. The standard InChI is InChI=1S/C16H22N2O2/c1-11-5-4-6-14(8-11)17-15(19)16(20)18-9-12(2)7-13(3)10-18/h4-6,8,12-13H,7,9-10H2,1-3H3,(H,17,19). The number of aryl methyl sites for hydroxylation is 1. The van der Waals surface area contributed by atoms with Crippen molar-refractivity contribution in [1.82, 2.24) is 4.90 Å². The third kappa shape index (κ3) is 3.59. The fraction of sp³-hybridized carbons (Fsp3) is 0.500. The van der Waals surface area contributed by atoms with Crippen LogP contribution >= 0.6 is 0 Å². The van der Waals surface area contributed by atoms with Gasteiger partial charge in [0.1, 0.15) is 0 Å². The third-order valence-corrected chi connectivity index (χ3v) is 3.63. The van der Waals surface area contributed by atoms with Gasteiger partial charge < -0.3 is 10.2 Å². The van der Waals surface area contributed by atoms with Gasteiger partial charge in [-0.1, -0.05) is 26.0 Å². The third-order valence-electron chi connectivity index (χ3n) is 3.63. The number of benzene rings is 1. The smallest absolute Gasteiger partial charge is 0.313 e. The lowest BCUT2D eigenvalue weighted by molar-refractivity contribution is -0.144. The van der Waals surface area contributed by atoms with Crippen molar-refractivity contribution in [3.63, 3.8) is 0 Å². The Morgan fingerprint density at radius 1 is 1.20 bits per heavy atom. The summed E-state index contributed by atoms with van der Waals surface area (Å²) in [5, 5.41) is 2.68. The predicted molar refractivity (Wildman–Crippen MR) is 79.3 cm³/mol. The van der Waals surface area contributed by atoms with E-state index < -0.39 is 11.8 Å². The summed E-state index contributed by atoms with van der Waals surface area (Å²) < 4.78 is 0. The molecule has 0 aromatic heterocycles. The van der Waals surface area contributed by atoms with Gasteiger partial charge in [-0.15, -0.1) is 0 Å². The second-order valence-electron chi connectivity index (χ2n) is 5.98. The van der Waals surface area contributed by atoms with E-state index in [1.54, 1.807) is 11.0 Å². The Morgan fingerprint density at radius 2 is 1.85 bits per heavy atom. The molecule has 1 saturated heterocycles. The lowest BCUT2D eigenvalue weighted by Gasteiger charge is -2.34. The molecule has 2 rings (SSSR count). The number of nitrogens with zero attached hydrogens (tertiary/aromatic N) is 1. The van der Waals surface area contributed by atoms with Crippen molar-refractivity contribution < 1.29 is 9.59 Å². The van der Waals surface area contributed by atoms with Crippen LogP contribution in [0.1, 0.15) is 25.8 Å². The molecule has 0 saturated carbocycles. The molecule has 2 atom stereocenters. The number of rotatable bonds is 1. The number of likely N-dealkylation sites (tertiary alicyclic amines) is 1. The van der Waals surface area contributed by atoms with Gasteiger partial charge in [-0.05, 0) is 42.9 Å². The maximum Gasteiger partial charge on any atom is 0.313 e. The number of anilines is 1. The molecule has 0 spiro atoms. The fourth-order valence-corrected chi connectivity index (χ4v) is 2.88. The maximum absolute atomic E-state index is 12.2. The monoisotopic (exact) mass is 274 g/mol. The highest BCUT2D eigenvalue weighted by molar-refractivity contribution is 6.39. The highest BCUT2D eigenvalue weighted by Crippen LogP contribution is 2.21. The van der Waals surface area contributed by atoms with Crippen molar-refractivity contribution in [3.8, 4) is 0 Å². The molecule has 0 bridgehead atoms. The topological polar surface area (TPSA) is 49.4 Å². The van der Waals surface area contributed by atoms with Gasteiger partial charge >= 0.3 is 11.8 Å². The molecule has 4 nitrogen and oxygen atoms in total. The van der Waals surface area contributed by atoms with Gasteiger partial charge in [-0.25, -0.2) is 0 Å². The highest BCUT2D eigenvalue weighted by Gasteiger charge is 2.29. The van der Waals surface area contributed by atoms with Gasteiger partial charge in [0.25, 0.3) is 0 Å². The molecule has 1 aliphatic heterocycles. The molecule has 1 aromatic carbocycles. The minimum Gasteiger partial charge on any atom is -0.334 e. The summed E-state index contributed by atoms with van der Waals surface area (Å²) in [6.07, 6.45) is 1.11. The van der Waals surface area contributed by atoms with Gasteiger partial charge in [0.2, 0.25) is 0 Å². The normalized spacial score (nSPS) is 22.4. The average molecular weight is 274 g/mol. The van der Waals surface area contributed by atoms with Gasteiger partial charge in [-0.2, -0.15) is 0 Å². The molecule has 1 heterocycles. The van der Waals surface area contributed by atoms with Crippen LogP contribution in [0.25, 0.3) is 0 Å². The van der Waals surface area contributed by atoms with Crippen LogP contribution in [0.5, 0.6) is 0 Å². The van der Waals surface area contributed by atoms with Gasteiger partial charge in [0, 0.05) is 18.8 Å². The zero-order valence-electron chi connectivity index (χ0n) is 12.3. The van der Waals surface area contributed by atoms with Crippen LogP contribution < -0.4 is 5.32 Å². The highest BCUT2D eigenvalue weighted by atomic mass is 16.2. The number of hydrogen-bond acceptors (Lipinski definition) is 2. The first-order valence-electron chi connectivity index (χ1n) is 7.12. The van der Waals surface area contributed by atoms with Gasteiger partial charge in [0.05, 0.1) is 0 Å². The first-order valence-corrected chi connectivity index (χ1v) is 7.12. The van der Waals surface area contributed by atoms with E-state index in [2.05, 4.69) is 19.2 Å². The summed E-state index contributed by atoms with van der Waals surface area (Å²) in [6.45, 7) is 7.53. The Morgan fingerprint density at radius 3 is 2.45 bits per heavy atom. The summed E-state index contributed by atoms with van der Waals surface area (Å²) in [7, 11) is 0. The molecule has 2 unspecified atom stereocenters. The minimum atomic E-state index is -0.545. The van der Waals surface area contributed by atoms with Crippen molar-refractivity contribution in [2.24, 2.45) is 11.8 Å². The summed E-state index contributed by atoms with van der Waals surface area (Å²) >= 11 is 0. The first-order chi connectivity index (χ1) is 9.45. The molecule has 20 heavy (non-hydrogen) atoms. The summed E-state index contributed by atoms with van der Waals surface area (Å²) in [5.74, 6) is -0.0641. The van der Waals surface area contributed by atoms with Crippen LogP contribution in [-0.2, 0) is 9.59 Å². The molecule has 108 valence electrons. The first kappa shape index (κ1) is 14.6. The van der Waals surface area contributed by atoms with Crippen molar-refractivity contribution >= 4 is 17.5 Å². The van der Waals surface area contributed by atoms with E-state index in [1.807, 2.05) is 25.1 Å². The number of amides is 2. The second kappa shape index (κ2) is 6.07. The van der Waals surface area contributed by atoms with E-state index in [0.717, 1.165) is 12.0 Å². The quantitative estimate of drug-likeness (QED) is 0.800. The van der Waals surface area contributed by atoms with Gasteiger partial charge in [0.15, 0.2) is 0 Å². The average Bonchev–Trinajstić information content (AvgIpc) is 2.36. The van der Waals surface area contributed by atoms with E-state index in [-0.39, 0.29) is 0 Å². The molecule has 1 N–H and O–H groups in total. The van der Waals surface area contributed by atoms with Crippen molar-refractivity contribution in [3.05, 3.63) is 29.8 Å². The van der Waals surface area contributed by atoms with Crippen molar-refractivity contribution in [2.75, 3.05) is 18.4 Å². The molecule has 0 radical (unpaired) electrons. The Hall–Kier alpha value is -1.84. The van der Waals surface area contributed by atoms with Crippen LogP contribution in [0.3, 0.4) is 0 Å². The summed E-state index contributed by atoms with van der Waals surface area (Å²) in [6, 6.07) is 7.46. The molecular weight excluding hydrogens is 252 g/mol. The molecule has 4 heteroatoms. The number of nitrogens with one attached hydrogen (secondary N) is 1. The Kier molecular flexibility index (Phi) is 4.42. The number of carbonyl (C=O) groups excluding carboxylic acids is 2. The lowest BCUT2D eigenvalue weighted by atomic mass is 9.92. The maximum atomic E-state index is 12.2.